The van der Waals surface area contributed by atoms with Crippen molar-refractivity contribution in [3.8, 4) is 11.5 Å². The molecule has 1 aromatic carbocycles. The van der Waals surface area contributed by atoms with Crippen LogP contribution in [0.5, 0.6) is 11.5 Å². The summed E-state index contributed by atoms with van der Waals surface area (Å²) < 4.78 is 11.7. The lowest BCUT2D eigenvalue weighted by molar-refractivity contribution is -0.456. The molecule has 0 bridgehead atoms. The molecule has 104 valence electrons. The monoisotopic (exact) mass is 329 g/mol. The van der Waals surface area contributed by atoms with E-state index in [0.29, 0.717) is 18.1 Å². The van der Waals surface area contributed by atoms with Crippen molar-refractivity contribution < 1.29 is 14.6 Å². The first-order valence-corrected chi connectivity index (χ1v) is 6.55. The van der Waals surface area contributed by atoms with Crippen LogP contribution in [0.4, 0.5) is 0 Å². The van der Waals surface area contributed by atoms with Crippen LogP contribution in [-0.2, 0) is 0 Å². The number of ether oxygens (including phenoxy) is 2. The summed E-state index contributed by atoms with van der Waals surface area (Å²) in [7, 11) is 1.59. The van der Waals surface area contributed by atoms with E-state index in [4.69, 9.17) is 20.9 Å². The van der Waals surface area contributed by atoms with Crippen molar-refractivity contribution in [2.24, 2.45) is 16.6 Å². The quantitative estimate of drug-likeness (QED) is 0.387. The first kappa shape index (κ1) is 15.3. The van der Waals surface area contributed by atoms with Crippen molar-refractivity contribution in [3.05, 3.63) is 22.2 Å². The molecule has 0 aliphatic heterocycles. The average Bonchev–Trinajstić information content (AvgIpc) is 2.36. The molecule has 0 atom stereocenters. The molecule has 1 rings (SSSR count). The third kappa shape index (κ3) is 4.78. The Morgan fingerprint density at radius 3 is 2.79 bits per heavy atom. The van der Waals surface area contributed by atoms with Crippen LogP contribution in [0.25, 0.3) is 0 Å². The predicted octanol–water partition coefficient (Wildman–Crippen LogP) is -0.0656. The lowest BCUT2D eigenvalue weighted by Gasteiger charge is -2.12. The maximum absolute atomic E-state index is 5.63. The fourth-order valence-corrected chi connectivity index (χ4v) is 1.92. The number of nitrogens with two attached hydrogens (primary N) is 2. The molecule has 0 aromatic heterocycles. The highest BCUT2D eigenvalue weighted by Crippen LogP contribution is 2.36. The lowest BCUT2D eigenvalue weighted by atomic mass is 10.2. The minimum Gasteiger partial charge on any atom is -0.493 e. The van der Waals surface area contributed by atoms with Gasteiger partial charge in [-0.15, -0.1) is 5.10 Å². The van der Waals surface area contributed by atoms with E-state index in [-0.39, 0.29) is 5.96 Å². The van der Waals surface area contributed by atoms with Crippen molar-refractivity contribution in [3.63, 3.8) is 0 Å². The topological polar surface area (TPSA) is 96.8 Å². The van der Waals surface area contributed by atoms with Crippen LogP contribution in [0.2, 0.25) is 0 Å². The number of rotatable bonds is 6. The first-order chi connectivity index (χ1) is 9.08. The molecule has 0 unspecified atom stereocenters. The Kier molecular flexibility index (Phi) is 6.14. The Morgan fingerprint density at radius 2 is 2.21 bits per heavy atom. The van der Waals surface area contributed by atoms with Gasteiger partial charge in [0.15, 0.2) is 11.5 Å². The van der Waals surface area contributed by atoms with Crippen LogP contribution in [0, 0.1) is 0 Å². The molecule has 1 aromatic rings. The van der Waals surface area contributed by atoms with E-state index in [1.54, 1.807) is 13.3 Å². The molecule has 5 N–H and O–H groups in total. The summed E-state index contributed by atoms with van der Waals surface area (Å²) in [6.45, 7) is 2.67. The van der Waals surface area contributed by atoms with E-state index in [0.717, 1.165) is 16.5 Å². The summed E-state index contributed by atoms with van der Waals surface area (Å²) in [5, 5.41) is 6.29. The van der Waals surface area contributed by atoms with Gasteiger partial charge in [-0.3, -0.25) is 0 Å². The van der Waals surface area contributed by atoms with Crippen molar-refractivity contribution in [1.82, 2.24) is 0 Å². The molecular formula is C12H18BrN4O2+. The average molecular weight is 330 g/mol. The second kappa shape index (κ2) is 7.63. The van der Waals surface area contributed by atoms with Gasteiger partial charge in [0.25, 0.3) is 5.96 Å². The Hall–Kier alpha value is -1.76. The van der Waals surface area contributed by atoms with Crippen LogP contribution >= 0.6 is 15.9 Å². The van der Waals surface area contributed by atoms with Gasteiger partial charge in [-0.05, 0) is 34.5 Å². The smallest absolute Gasteiger partial charge is 0.256 e. The van der Waals surface area contributed by atoms with Crippen LogP contribution in [0.3, 0.4) is 0 Å². The largest absolute Gasteiger partial charge is 0.493 e. The fourth-order valence-electron chi connectivity index (χ4n) is 1.35. The summed E-state index contributed by atoms with van der Waals surface area (Å²) in [6, 6.07) is 3.70. The van der Waals surface area contributed by atoms with Gasteiger partial charge in [0.2, 0.25) is 6.21 Å². The zero-order valence-electron chi connectivity index (χ0n) is 10.9. The van der Waals surface area contributed by atoms with E-state index < -0.39 is 0 Å². The normalized spacial score (nSPS) is 10.5. The number of hydrogen-bond acceptors (Lipinski definition) is 3. The number of methoxy groups -OCH3 is 1. The third-order valence-corrected chi connectivity index (χ3v) is 2.72. The second-order valence-electron chi connectivity index (χ2n) is 3.69. The van der Waals surface area contributed by atoms with Crippen molar-refractivity contribution in [1.29, 1.82) is 0 Å². The molecule has 0 radical (unpaired) electrons. The van der Waals surface area contributed by atoms with Crippen LogP contribution in [0.1, 0.15) is 18.9 Å². The van der Waals surface area contributed by atoms with Crippen LogP contribution < -0.4 is 26.0 Å². The minimum absolute atomic E-state index is 0.0369. The Balaban J connectivity index is 3.01. The van der Waals surface area contributed by atoms with Gasteiger partial charge >= 0.3 is 0 Å². The number of nitrogens with zero attached hydrogens (tertiary/aromatic N) is 1. The second-order valence-corrected chi connectivity index (χ2v) is 4.55. The van der Waals surface area contributed by atoms with Gasteiger partial charge in [-0.2, -0.15) is 0 Å². The van der Waals surface area contributed by atoms with E-state index in [1.165, 1.54) is 0 Å². The van der Waals surface area contributed by atoms with Crippen LogP contribution in [0.15, 0.2) is 21.7 Å². The lowest BCUT2D eigenvalue weighted by Crippen LogP contribution is -2.63. The molecule has 0 aliphatic carbocycles. The highest BCUT2D eigenvalue weighted by Gasteiger charge is 2.11. The minimum atomic E-state index is -0.0369. The van der Waals surface area contributed by atoms with Gasteiger partial charge < -0.3 is 20.9 Å². The van der Waals surface area contributed by atoms with Gasteiger partial charge in [-0.25, -0.2) is 0 Å². The molecular weight excluding hydrogens is 312 g/mol. The van der Waals surface area contributed by atoms with Gasteiger partial charge in [-0.1, -0.05) is 6.92 Å². The molecule has 0 saturated carbocycles. The molecule has 0 spiro atoms. The summed E-state index contributed by atoms with van der Waals surface area (Å²) in [4.78, 5) is 0. The standard InChI is InChI=1S/C12H17BrN4O2/c1-3-4-19-11-9(13)5-8(6-10(11)18-2)7-16-17-12(14)15/h5-7H,3-4H2,1-2H3,(H4,14,15,17)/p+1/b16-7+. The number of hydrogen-bond donors (Lipinski definition) is 3. The van der Waals surface area contributed by atoms with Crippen molar-refractivity contribution in [2.45, 2.75) is 13.3 Å². The summed E-state index contributed by atoms with van der Waals surface area (Å²) in [6.07, 6.45) is 2.58. The first-order valence-electron chi connectivity index (χ1n) is 5.76. The van der Waals surface area contributed by atoms with Crippen molar-refractivity contribution in [2.75, 3.05) is 13.7 Å². The molecule has 0 saturated heterocycles. The summed E-state index contributed by atoms with van der Waals surface area (Å²) >= 11 is 3.45. The number of guanidine groups is 1. The summed E-state index contributed by atoms with van der Waals surface area (Å²) in [5.41, 5.74) is 11.3. The van der Waals surface area contributed by atoms with E-state index >= 15 is 0 Å². The fraction of sp³-hybridized carbons (Fsp3) is 0.333. The predicted molar refractivity (Wildman–Crippen MR) is 78.4 cm³/mol. The van der Waals surface area contributed by atoms with Crippen molar-refractivity contribution >= 4 is 28.1 Å². The highest BCUT2D eigenvalue weighted by molar-refractivity contribution is 9.10. The molecule has 7 heteroatoms. The van der Waals surface area contributed by atoms with Gasteiger partial charge in [0.05, 0.1) is 18.2 Å². The molecule has 0 fully saturated rings. The number of halogens is 1. The molecule has 0 amide bonds. The molecule has 0 aliphatic rings. The maximum Gasteiger partial charge on any atom is 0.256 e. The van der Waals surface area contributed by atoms with E-state index in [2.05, 4.69) is 26.1 Å². The van der Waals surface area contributed by atoms with E-state index in [9.17, 15) is 0 Å². The zero-order chi connectivity index (χ0) is 14.3. The molecule has 19 heavy (non-hydrogen) atoms. The van der Waals surface area contributed by atoms with E-state index in [1.807, 2.05) is 19.1 Å². The summed E-state index contributed by atoms with van der Waals surface area (Å²) in [5.74, 6) is 1.29. The number of nitrogens with one attached hydrogen (secondary N) is 1. The Morgan fingerprint density at radius 1 is 1.47 bits per heavy atom. The Bertz CT molecular complexity index is 485. The molecule has 0 heterocycles. The maximum atomic E-state index is 5.63. The zero-order valence-corrected chi connectivity index (χ0v) is 12.5. The highest BCUT2D eigenvalue weighted by atomic mass is 79.9. The van der Waals surface area contributed by atoms with Gasteiger partial charge in [0.1, 0.15) is 0 Å². The number of hydrazone groups is 1. The SMILES string of the molecule is CCCOc1c(Br)cc(/C=[NH+]/N=C(N)N)cc1OC. The number of benzene rings is 1. The van der Waals surface area contributed by atoms with Crippen LogP contribution in [-0.4, -0.2) is 25.9 Å². The van der Waals surface area contributed by atoms with Gasteiger partial charge in [0, 0.05) is 10.7 Å². The molecule has 6 nitrogen and oxygen atoms in total. The Labute approximate surface area is 120 Å². The third-order valence-electron chi connectivity index (χ3n) is 2.13.